The quantitative estimate of drug-likeness (QED) is 0.525. The Kier molecular flexibility index (Phi) is 4.08. The largest absolute Gasteiger partial charge is 0.382 e. The van der Waals surface area contributed by atoms with E-state index in [0.29, 0.717) is 0 Å². The summed E-state index contributed by atoms with van der Waals surface area (Å²) < 4.78 is 10.4. The summed E-state index contributed by atoms with van der Waals surface area (Å²) in [6.45, 7) is 0.287. The Morgan fingerprint density at radius 2 is 1.59 bits per heavy atom. The van der Waals surface area contributed by atoms with Crippen LogP contribution in [0.5, 0.6) is 0 Å². The molecule has 0 unspecified atom stereocenters. The van der Waals surface area contributed by atoms with Crippen LogP contribution in [0.3, 0.4) is 0 Å². The van der Waals surface area contributed by atoms with Crippen LogP contribution in [-0.4, -0.2) is 55.0 Å². The summed E-state index contributed by atoms with van der Waals surface area (Å²) in [5.41, 5.74) is 3.32. The summed E-state index contributed by atoms with van der Waals surface area (Å²) >= 11 is 3.89. The molecule has 1 heterocycles. The Morgan fingerprint density at radius 1 is 1.03 bits per heavy atom. The first-order valence-corrected chi connectivity index (χ1v) is 10.5. The molecule has 6 rings (SSSR count). The lowest BCUT2D eigenvalue weighted by Crippen LogP contribution is -2.69. The van der Waals surface area contributed by atoms with E-state index in [9.17, 15) is 9.59 Å². The van der Waals surface area contributed by atoms with E-state index in [1.807, 2.05) is 24.3 Å². The second-order valence-electron chi connectivity index (χ2n) is 8.03. The second kappa shape index (κ2) is 6.24. The lowest BCUT2D eigenvalue weighted by atomic mass is 9.45. The molecule has 1 aliphatic heterocycles. The molecule has 0 saturated carbocycles. The Bertz CT molecular complexity index is 990. The third-order valence-corrected chi connectivity index (χ3v) is 8.53. The number of rotatable bonds is 4. The van der Waals surface area contributed by atoms with E-state index in [2.05, 4.69) is 40.2 Å². The first-order valence-electron chi connectivity index (χ1n) is 9.67. The van der Waals surface area contributed by atoms with Crippen LogP contribution in [0.2, 0.25) is 0 Å². The first kappa shape index (κ1) is 19.0. The van der Waals surface area contributed by atoms with Crippen molar-refractivity contribution in [2.24, 2.45) is 5.92 Å². The topological polar surface area (TPSA) is 55.8 Å². The van der Waals surface area contributed by atoms with Gasteiger partial charge in [0.1, 0.15) is 4.32 Å². The van der Waals surface area contributed by atoms with Gasteiger partial charge in [0.2, 0.25) is 11.8 Å². The lowest BCUT2D eigenvalue weighted by molar-refractivity contribution is -0.138. The summed E-state index contributed by atoms with van der Waals surface area (Å²) in [7, 11) is 4.84. The molecule has 0 N–H and O–H groups in total. The molecule has 2 bridgehead atoms. The minimum atomic E-state index is -1.14. The van der Waals surface area contributed by atoms with E-state index < -0.39 is 21.8 Å². The van der Waals surface area contributed by atoms with Crippen LogP contribution in [0.15, 0.2) is 48.5 Å². The van der Waals surface area contributed by atoms with Crippen molar-refractivity contribution in [2.45, 2.75) is 21.8 Å². The summed E-state index contributed by atoms with van der Waals surface area (Å²) in [5, 5.41) is 0. The maximum absolute atomic E-state index is 13.7. The van der Waals surface area contributed by atoms with Gasteiger partial charge >= 0.3 is 0 Å². The van der Waals surface area contributed by atoms with Gasteiger partial charge in [-0.1, -0.05) is 64.5 Å². The predicted molar refractivity (Wildman–Crippen MR) is 111 cm³/mol. The van der Waals surface area contributed by atoms with E-state index in [0.717, 1.165) is 22.3 Å². The monoisotopic (exact) mass is 455 g/mol. The molecule has 6 heteroatoms. The van der Waals surface area contributed by atoms with Gasteiger partial charge in [-0.2, -0.15) is 0 Å². The number of carbonyl (C=O) groups is 2. The molecule has 0 spiro atoms. The number of hydrogen-bond acceptors (Lipinski definition) is 4. The second-order valence-corrected chi connectivity index (χ2v) is 9.28. The summed E-state index contributed by atoms with van der Waals surface area (Å²) in [6.07, 6.45) is -0.471. The Morgan fingerprint density at radius 3 is 2.10 bits per heavy atom. The van der Waals surface area contributed by atoms with Crippen molar-refractivity contribution in [1.29, 1.82) is 0 Å². The van der Waals surface area contributed by atoms with E-state index in [1.54, 1.807) is 21.3 Å². The zero-order chi connectivity index (χ0) is 20.6. The zero-order valence-corrected chi connectivity index (χ0v) is 18.1. The van der Waals surface area contributed by atoms with E-state index in [4.69, 9.17) is 9.47 Å². The maximum Gasteiger partial charge on any atom is 0.248 e. The Balaban J connectivity index is 1.98. The van der Waals surface area contributed by atoms with Crippen molar-refractivity contribution in [3.63, 3.8) is 0 Å². The average molecular weight is 456 g/mol. The van der Waals surface area contributed by atoms with Crippen LogP contribution >= 0.6 is 15.9 Å². The van der Waals surface area contributed by atoms with Crippen LogP contribution < -0.4 is 0 Å². The number of methoxy groups -OCH3 is 2. The fourth-order valence-electron chi connectivity index (χ4n) is 6.06. The van der Waals surface area contributed by atoms with Crippen molar-refractivity contribution >= 4 is 27.7 Å². The molecule has 0 aromatic heterocycles. The van der Waals surface area contributed by atoms with E-state index >= 15 is 0 Å². The van der Waals surface area contributed by atoms with Crippen molar-refractivity contribution < 1.29 is 19.1 Å². The number of halogens is 1. The van der Waals surface area contributed by atoms with Crippen LogP contribution in [0, 0.1) is 5.92 Å². The van der Waals surface area contributed by atoms with Gasteiger partial charge in [-0.05, 0) is 22.3 Å². The molecule has 4 aliphatic rings. The number of nitrogens with zero attached hydrogens (tertiary/aromatic N) is 1. The third-order valence-electron chi connectivity index (χ3n) is 7.08. The number of carbonyl (C=O) groups excluding carboxylic acids is 2. The standard InChI is InChI=1S/C23H22BrNO4/c1-25-20(26)19-18-13-8-4-6-10-15(13)22(17(29-3)12-28-2,23(19,24)21(25)27)16-11-7-5-9-14(16)18/h4-11,17-19H,12H2,1-3H3/t17-,18?,19-,22?,23-/m0/s1. The molecule has 2 amide bonds. The molecule has 3 atom stereocenters. The van der Waals surface area contributed by atoms with Gasteiger partial charge in [0.15, 0.2) is 0 Å². The molecule has 0 radical (unpaired) electrons. The summed E-state index contributed by atoms with van der Waals surface area (Å²) in [6, 6.07) is 16.2. The molecule has 3 aliphatic carbocycles. The van der Waals surface area contributed by atoms with Gasteiger partial charge in [-0.15, -0.1) is 0 Å². The van der Waals surface area contributed by atoms with Gasteiger partial charge in [0, 0.05) is 27.2 Å². The molecule has 2 aromatic carbocycles. The number of alkyl halides is 1. The Labute approximate surface area is 178 Å². The maximum atomic E-state index is 13.7. The highest BCUT2D eigenvalue weighted by atomic mass is 79.9. The minimum Gasteiger partial charge on any atom is -0.382 e. The summed E-state index contributed by atoms with van der Waals surface area (Å²) in [4.78, 5) is 28.3. The zero-order valence-electron chi connectivity index (χ0n) is 16.5. The highest BCUT2D eigenvalue weighted by Gasteiger charge is 2.77. The SMILES string of the molecule is COC[C@H](OC)C12c3ccccc3C(c3ccccc31)[C@H]1C(=O)N(C)C(=O)[C@@]12Br. The van der Waals surface area contributed by atoms with Crippen LogP contribution in [0.1, 0.15) is 28.2 Å². The van der Waals surface area contributed by atoms with Crippen LogP contribution in [-0.2, 0) is 24.5 Å². The number of hydrogen-bond donors (Lipinski definition) is 0. The average Bonchev–Trinajstić information content (AvgIpc) is 2.93. The van der Waals surface area contributed by atoms with Crippen LogP contribution in [0.25, 0.3) is 0 Å². The normalized spacial score (nSPS) is 32.8. The number of ether oxygens (including phenoxy) is 2. The first-order chi connectivity index (χ1) is 14.0. The third kappa shape index (κ3) is 1.93. The molecular weight excluding hydrogens is 434 g/mol. The minimum absolute atomic E-state index is 0.155. The molecule has 150 valence electrons. The van der Waals surface area contributed by atoms with Crippen molar-refractivity contribution in [3.8, 4) is 0 Å². The molecule has 2 aromatic rings. The highest BCUT2D eigenvalue weighted by molar-refractivity contribution is 9.10. The fourth-order valence-corrected chi connectivity index (χ4v) is 7.47. The van der Waals surface area contributed by atoms with Gasteiger partial charge < -0.3 is 9.47 Å². The van der Waals surface area contributed by atoms with Gasteiger partial charge in [-0.25, -0.2) is 0 Å². The Hall–Kier alpha value is -2.02. The van der Waals surface area contributed by atoms with Crippen molar-refractivity contribution in [3.05, 3.63) is 70.8 Å². The fraction of sp³-hybridized carbons (Fsp3) is 0.391. The van der Waals surface area contributed by atoms with E-state index in [-0.39, 0.29) is 24.3 Å². The van der Waals surface area contributed by atoms with Crippen molar-refractivity contribution in [1.82, 2.24) is 4.90 Å². The number of imide groups is 1. The summed E-state index contributed by atoms with van der Waals surface area (Å²) in [5.74, 6) is -1.11. The molecule has 1 fully saturated rings. The predicted octanol–water partition coefficient (Wildman–Crippen LogP) is 2.84. The number of amides is 2. The van der Waals surface area contributed by atoms with Crippen LogP contribution in [0.4, 0.5) is 0 Å². The van der Waals surface area contributed by atoms with Gasteiger partial charge in [0.25, 0.3) is 0 Å². The molecule has 1 saturated heterocycles. The van der Waals surface area contributed by atoms with Gasteiger partial charge in [-0.3, -0.25) is 14.5 Å². The molecular formula is C23H22BrNO4. The smallest absolute Gasteiger partial charge is 0.248 e. The number of likely N-dealkylation sites (tertiary alicyclic amines) is 1. The molecule has 5 nitrogen and oxygen atoms in total. The number of benzene rings is 2. The van der Waals surface area contributed by atoms with E-state index in [1.165, 1.54) is 4.90 Å². The van der Waals surface area contributed by atoms with Crippen molar-refractivity contribution in [2.75, 3.05) is 27.9 Å². The molecule has 29 heavy (non-hydrogen) atoms. The highest BCUT2D eigenvalue weighted by Crippen LogP contribution is 2.70. The lowest BCUT2D eigenvalue weighted by Gasteiger charge is -2.60. The van der Waals surface area contributed by atoms with Gasteiger partial charge in [0.05, 0.1) is 24.0 Å².